The molecular formula is C15H32N2. The predicted molar refractivity (Wildman–Crippen MR) is 76.4 cm³/mol. The lowest BCUT2D eigenvalue weighted by Crippen LogP contribution is -2.46. The van der Waals surface area contributed by atoms with Gasteiger partial charge in [-0.15, -0.1) is 0 Å². The van der Waals surface area contributed by atoms with Gasteiger partial charge in [-0.3, -0.25) is 0 Å². The van der Waals surface area contributed by atoms with Gasteiger partial charge in [-0.1, -0.05) is 40.5 Å². The third-order valence-electron chi connectivity index (χ3n) is 4.54. The van der Waals surface area contributed by atoms with Crippen molar-refractivity contribution in [1.82, 2.24) is 10.2 Å². The summed E-state index contributed by atoms with van der Waals surface area (Å²) in [5.74, 6) is 0.946. The molecule has 0 heterocycles. The van der Waals surface area contributed by atoms with Crippen LogP contribution in [0.15, 0.2) is 0 Å². The summed E-state index contributed by atoms with van der Waals surface area (Å²) in [5.41, 5.74) is 0.550. The van der Waals surface area contributed by atoms with Crippen molar-refractivity contribution in [2.45, 2.75) is 53.4 Å². The number of rotatable bonds is 7. The van der Waals surface area contributed by atoms with E-state index in [0.717, 1.165) is 12.5 Å². The van der Waals surface area contributed by atoms with Gasteiger partial charge < -0.3 is 10.2 Å². The topological polar surface area (TPSA) is 15.3 Å². The Hall–Kier alpha value is -0.0800. The summed E-state index contributed by atoms with van der Waals surface area (Å²) >= 11 is 0. The average molecular weight is 240 g/mol. The van der Waals surface area contributed by atoms with E-state index < -0.39 is 0 Å². The molecule has 0 aliphatic heterocycles. The fraction of sp³-hybridized carbons (Fsp3) is 1.00. The maximum Gasteiger partial charge on any atom is 0.00499 e. The molecule has 0 aromatic carbocycles. The maximum absolute atomic E-state index is 3.60. The van der Waals surface area contributed by atoms with Crippen molar-refractivity contribution in [2.75, 3.05) is 32.7 Å². The molecule has 0 aromatic heterocycles. The van der Waals surface area contributed by atoms with Gasteiger partial charge in [-0.05, 0) is 43.8 Å². The predicted octanol–water partition coefficient (Wildman–Crippen LogP) is 3.13. The van der Waals surface area contributed by atoms with Gasteiger partial charge in [-0.25, -0.2) is 0 Å². The largest absolute Gasteiger partial charge is 0.316 e. The SMILES string of the molecule is CCNCC1(CN(CC)CC)CCC(C)CC1. The standard InChI is InChI=1S/C15H32N2/c1-5-16-12-15(13-17(6-2)7-3)10-8-14(4)9-11-15/h14,16H,5-13H2,1-4H3. The first kappa shape index (κ1) is 15.0. The molecule has 0 saturated heterocycles. The van der Waals surface area contributed by atoms with E-state index in [1.54, 1.807) is 0 Å². The summed E-state index contributed by atoms with van der Waals surface area (Å²) in [4.78, 5) is 2.60. The van der Waals surface area contributed by atoms with Crippen LogP contribution in [0.4, 0.5) is 0 Å². The minimum absolute atomic E-state index is 0.550. The molecule has 17 heavy (non-hydrogen) atoms. The first-order chi connectivity index (χ1) is 8.15. The third-order valence-corrected chi connectivity index (χ3v) is 4.54. The second-order valence-electron chi connectivity index (χ2n) is 5.92. The van der Waals surface area contributed by atoms with Crippen LogP contribution in [-0.2, 0) is 0 Å². The number of hydrogen-bond donors (Lipinski definition) is 1. The highest BCUT2D eigenvalue weighted by Crippen LogP contribution is 2.39. The molecule has 1 saturated carbocycles. The van der Waals surface area contributed by atoms with Crippen LogP contribution in [0, 0.1) is 11.3 Å². The second kappa shape index (κ2) is 7.38. The maximum atomic E-state index is 3.60. The number of nitrogens with zero attached hydrogens (tertiary/aromatic N) is 1. The van der Waals surface area contributed by atoms with Crippen LogP contribution < -0.4 is 5.32 Å². The molecular weight excluding hydrogens is 208 g/mol. The Morgan fingerprint density at radius 1 is 1.12 bits per heavy atom. The van der Waals surface area contributed by atoms with Gasteiger partial charge >= 0.3 is 0 Å². The van der Waals surface area contributed by atoms with Gasteiger partial charge in [0.25, 0.3) is 0 Å². The van der Waals surface area contributed by atoms with Crippen molar-refractivity contribution in [3.8, 4) is 0 Å². The van der Waals surface area contributed by atoms with Crippen LogP contribution in [0.5, 0.6) is 0 Å². The molecule has 0 atom stereocenters. The first-order valence-electron chi connectivity index (χ1n) is 7.59. The first-order valence-corrected chi connectivity index (χ1v) is 7.59. The Balaban J connectivity index is 2.58. The average Bonchev–Trinajstić information content (AvgIpc) is 2.37. The Morgan fingerprint density at radius 3 is 2.18 bits per heavy atom. The molecule has 1 fully saturated rings. The van der Waals surface area contributed by atoms with Gasteiger partial charge in [0.15, 0.2) is 0 Å². The monoisotopic (exact) mass is 240 g/mol. The Labute approximate surface area is 108 Å². The molecule has 102 valence electrons. The van der Waals surface area contributed by atoms with E-state index in [-0.39, 0.29) is 0 Å². The Kier molecular flexibility index (Phi) is 6.50. The van der Waals surface area contributed by atoms with Crippen LogP contribution in [-0.4, -0.2) is 37.6 Å². The van der Waals surface area contributed by atoms with Gasteiger partial charge in [0.1, 0.15) is 0 Å². The van der Waals surface area contributed by atoms with Crippen molar-refractivity contribution >= 4 is 0 Å². The summed E-state index contributed by atoms with van der Waals surface area (Å²) < 4.78 is 0. The van der Waals surface area contributed by atoms with Gasteiger partial charge in [-0.2, -0.15) is 0 Å². The van der Waals surface area contributed by atoms with E-state index in [1.807, 2.05) is 0 Å². The van der Waals surface area contributed by atoms with Crippen molar-refractivity contribution in [3.05, 3.63) is 0 Å². The van der Waals surface area contributed by atoms with Crippen LogP contribution in [0.25, 0.3) is 0 Å². The highest BCUT2D eigenvalue weighted by Gasteiger charge is 2.34. The number of hydrogen-bond acceptors (Lipinski definition) is 2. The second-order valence-corrected chi connectivity index (χ2v) is 5.92. The molecule has 1 rings (SSSR count). The number of nitrogens with one attached hydrogen (secondary N) is 1. The smallest absolute Gasteiger partial charge is 0.00499 e. The van der Waals surface area contributed by atoms with Gasteiger partial charge in [0.2, 0.25) is 0 Å². The molecule has 0 amide bonds. The van der Waals surface area contributed by atoms with Crippen LogP contribution >= 0.6 is 0 Å². The zero-order valence-electron chi connectivity index (χ0n) is 12.4. The van der Waals surface area contributed by atoms with Crippen molar-refractivity contribution in [3.63, 3.8) is 0 Å². The summed E-state index contributed by atoms with van der Waals surface area (Å²) in [6.07, 6.45) is 5.68. The summed E-state index contributed by atoms with van der Waals surface area (Å²) in [5, 5.41) is 3.60. The molecule has 1 aliphatic rings. The third kappa shape index (κ3) is 4.59. The van der Waals surface area contributed by atoms with Crippen LogP contribution in [0.1, 0.15) is 53.4 Å². The zero-order valence-corrected chi connectivity index (χ0v) is 12.4. The van der Waals surface area contributed by atoms with E-state index in [9.17, 15) is 0 Å². The molecule has 0 spiro atoms. The molecule has 0 bridgehead atoms. The normalized spacial score (nSPS) is 29.8. The minimum Gasteiger partial charge on any atom is -0.316 e. The summed E-state index contributed by atoms with van der Waals surface area (Å²) in [6, 6.07) is 0. The lowest BCUT2D eigenvalue weighted by Gasteiger charge is -2.42. The molecule has 2 nitrogen and oxygen atoms in total. The highest BCUT2D eigenvalue weighted by molar-refractivity contribution is 4.89. The lowest BCUT2D eigenvalue weighted by molar-refractivity contribution is 0.0921. The van der Waals surface area contributed by atoms with E-state index >= 15 is 0 Å². The van der Waals surface area contributed by atoms with Crippen molar-refractivity contribution in [1.29, 1.82) is 0 Å². The minimum atomic E-state index is 0.550. The molecule has 1 N–H and O–H groups in total. The molecule has 0 unspecified atom stereocenters. The fourth-order valence-electron chi connectivity index (χ4n) is 3.08. The van der Waals surface area contributed by atoms with E-state index in [1.165, 1.54) is 51.9 Å². The quantitative estimate of drug-likeness (QED) is 0.735. The van der Waals surface area contributed by atoms with Crippen molar-refractivity contribution < 1.29 is 0 Å². The van der Waals surface area contributed by atoms with Gasteiger partial charge in [0.05, 0.1) is 0 Å². The highest BCUT2D eigenvalue weighted by atomic mass is 15.1. The fourth-order valence-corrected chi connectivity index (χ4v) is 3.08. The van der Waals surface area contributed by atoms with E-state index in [2.05, 4.69) is 37.9 Å². The summed E-state index contributed by atoms with van der Waals surface area (Å²) in [7, 11) is 0. The van der Waals surface area contributed by atoms with E-state index in [0.29, 0.717) is 5.41 Å². The molecule has 2 heteroatoms. The molecule has 0 radical (unpaired) electrons. The molecule has 0 aromatic rings. The Morgan fingerprint density at radius 2 is 1.71 bits per heavy atom. The van der Waals surface area contributed by atoms with E-state index in [4.69, 9.17) is 0 Å². The van der Waals surface area contributed by atoms with Crippen molar-refractivity contribution in [2.24, 2.45) is 11.3 Å². The summed E-state index contributed by atoms with van der Waals surface area (Å²) in [6.45, 7) is 15.2. The van der Waals surface area contributed by atoms with Crippen LogP contribution in [0.3, 0.4) is 0 Å². The van der Waals surface area contributed by atoms with Gasteiger partial charge in [0, 0.05) is 13.1 Å². The Bertz CT molecular complexity index is 186. The zero-order chi connectivity index (χ0) is 12.7. The lowest BCUT2D eigenvalue weighted by atomic mass is 9.70. The molecule has 1 aliphatic carbocycles. The van der Waals surface area contributed by atoms with Crippen LogP contribution in [0.2, 0.25) is 0 Å².